The topological polar surface area (TPSA) is 83.9 Å². The fourth-order valence-electron chi connectivity index (χ4n) is 1.77. The van der Waals surface area contributed by atoms with Crippen LogP contribution in [-0.4, -0.2) is 20.1 Å². The summed E-state index contributed by atoms with van der Waals surface area (Å²) in [5.41, 5.74) is 1.05. The predicted octanol–water partition coefficient (Wildman–Crippen LogP) is 3.35. The highest BCUT2D eigenvalue weighted by atomic mass is 35.5. The molecule has 23 heavy (non-hydrogen) atoms. The standard InChI is InChI=1S/C15H12ClNO5S/c16-14(18)12-6-8-13(9-7-12)17(23(20)21)15(19)22-10-11-4-2-1-3-5-11/h1-9H,10H2,(H,20,21). The highest BCUT2D eigenvalue weighted by Crippen LogP contribution is 2.19. The van der Waals surface area contributed by atoms with Gasteiger partial charge in [-0.25, -0.2) is 9.00 Å². The lowest BCUT2D eigenvalue weighted by Crippen LogP contribution is -2.33. The number of carbonyl (C=O) groups is 2. The van der Waals surface area contributed by atoms with Gasteiger partial charge in [-0.2, -0.15) is 4.31 Å². The van der Waals surface area contributed by atoms with Gasteiger partial charge in [-0.05, 0) is 41.4 Å². The number of hydrogen-bond acceptors (Lipinski definition) is 4. The van der Waals surface area contributed by atoms with E-state index in [9.17, 15) is 18.4 Å². The summed E-state index contributed by atoms with van der Waals surface area (Å²) in [7, 11) is 0. The van der Waals surface area contributed by atoms with Gasteiger partial charge in [0.25, 0.3) is 16.5 Å². The van der Waals surface area contributed by atoms with Crippen LogP contribution >= 0.6 is 11.6 Å². The molecule has 1 atom stereocenters. The van der Waals surface area contributed by atoms with Gasteiger partial charge in [0.15, 0.2) is 0 Å². The van der Waals surface area contributed by atoms with Crippen molar-refractivity contribution in [2.75, 3.05) is 4.31 Å². The van der Waals surface area contributed by atoms with Crippen molar-refractivity contribution < 1.29 is 23.1 Å². The maximum absolute atomic E-state index is 12.0. The minimum absolute atomic E-state index is 0.0361. The van der Waals surface area contributed by atoms with Crippen LogP contribution in [0, 0.1) is 0 Å². The fourth-order valence-corrected chi connectivity index (χ4v) is 2.37. The molecule has 0 spiro atoms. The molecule has 0 saturated heterocycles. The molecule has 1 unspecified atom stereocenters. The summed E-state index contributed by atoms with van der Waals surface area (Å²) in [6.45, 7) is -0.0361. The molecule has 2 rings (SSSR count). The highest BCUT2D eigenvalue weighted by Gasteiger charge is 2.23. The molecule has 6 nitrogen and oxygen atoms in total. The Kier molecular flexibility index (Phi) is 5.86. The predicted molar refractivity (Wildman–Crippen MR) is 86.5 cm³/mol. The molecule has 0 aliphatic rings. The van der Waals surface area contributed by atoms with Gasteiger partial charge in [0, 0.05) is 5.56 Å². The fraction of sp³-hybridized carbons (Fsp3) is 0.0667. The average molecular weight is 354 g/mol. The van der Waals surface area contributed by atoms with E-state index < -0.39 is 22.6 Å². The van der Waals surface area contributed by atoms with Crippen LogP contribution < -0.4 is 4.31 Å². The van der Waals surface area contributed by atoms with Crippen LogP contribution in [0.2, 0.25) is 0 Å². The van der Waals surface area contributed by atoms with Crippen molar-refractivity contribution in [3.63, 3.8) is 0 Å². The third kappa shape index (κ3) is 4.62. The summed E-state index contributed by atoms with van der Waals surface area (Å²) >= 11 is 2.71. The number of carbonyl (C=O) groups excluding carboxylic acids is 2. The first-order valence-electron chi connectivity index (χ1n) is 6.40. The van der Waals surface area contributed by atoms with Crippen molar-refractivity contribution in [1.82, 2.24) is 0 Å². The Bertz CT molecular complexity index is 720. The van der Waals surface area contributed by atoms with E-state index in [0.29, 0.717) is 4.31 Å². The lowest BCUT2D eigenvalue weighted by Gasteiger charge is -2.17. The number of halogens is 1. The smallest absolute Gasteiger partial charge is 0.428 e. The summed E-state index contributed by atoms with van der Waals surface area (Å²) in [5.74, 6) is 0. The minimum Gasteiger partial charge on any atom is -0.444 e. The number of nitrogens with zero attached hydrogens (tertiary/aromatic N) is 1. The maximum atomic E-state index is 12.0. The van der Waals surface area contributed by atoms with Crippen molar-refractivity contribution in [2.24, 2.45) is 0 Å². The van der Waals surface area contributed by atoms with Crippen molar-refractivity contribution in [3.05, 3.63) is 65.7 Å². The lowest BCUT2D eigenvalue weighted by molar-refractivity contribution is 0.108. The highest BCUT2D eigenvalue weighted by molar-refractivity contribution is 7.81. The summed E-state index contributed by atoms with van der Waals surface area (Å²) in [5, 5.41) is -0.667. The quantitative estimate of drug-likeness (QED) is 0.658. The summed E-state index contributed by atoms with van der Waals surface area (Å²) in [6.07, 6.45) is -0.986. The second-order valence-corrected chi connectivity index (χ2v) is 5.56. The molecule has 0 saturated carbocycles. The van der Waals surface area contributed by atoms with Crippen molar-refractivity contribution >= 4 is 39.9 Å². The molecule has 0 aliphatic carbocycles. The number of benzene rings is 2. The zero-order valence-electron chi connectivity index (χ0n) is 11.7. The normalized spacial score (nSPS) is 11.6. The summed E-state index contributed by atoms with van der Waals surface area (Å²) in [4.78, 5) is 23.0. The molecule has 0 fully saturated rings. The molecule has 0 bridgehead atoms. The Labute approximate surface area is 140 Å². The second-order valence-electron chi connectivity index (χ2n) is 4.39. The lowest BCUT2D eigenvalue weighted by atomic mass is 10.2. The molecule has 0 radical (unpaired) electrons. The molecule has 0 aliphatic heterocycles. The van der Waals surface area contributed by atoms with Crippen LogP contribution in [-0.2, 0) is 22.6 Å². The summed E-state index contributed by atoms with van der Waals surface area (Å²) < 4.78 is 26.3. The second kappa shape index (κ2) is 7.87. The van der Waals surface area contributed by atoms with E-state index in [1.165, 1.54) is 24.3 Å². The first-order valence-corrected chi connectivity index (χ1v) is 7.85. The monoisotopic (exact) mass is 353 g/mol. The van der Waals surface area contributed by atoms with E-state index in [2.05, 4.69) is 0 Å². The number of ether oxygens (including phenoxy) is 1. The van der Waals surface area contributed by atoms with E-state index >= 15 is 0 Å². The molecular formula is C15H12ClNO5S. The third-order valence-corrected chi connectivity index (χ3v) is 3.75. The molecule has 0 aromatic heterocycles. The van der Waals surface area contributed by atoms with Crippen molar-refractivity contribution in [2.45, 2.75) is 6.61 Å². The van der Waals surface area contributed by atoms with Crippen LogP contribution in [0.15, 0.2) is 54.6 Å². The van der Waals surface area contributed by atoms with Crippen LogP contribution in [0.25, 0.3) is 0 Å². The van der Waals surface area contributed by atoms with Crippen LogP contribution in [0.1, 0.15) is 15.9 Å². The molecular weight excluding hydrogens is 342 g/mol. The van der Waals surface area contributed by atoms with Crippen molar-refractivity contribution in [1.29, 1.82) is 0 Å². The van der Waals surface area contributed by atoms with Gasteiger partial charge >= 0.3 is 6.09 Å². The zero-order valence-corrected chi connectivity index (χ0v) is 13.3. The third-order valence-electron chi connectivity index (χ3n) is 2.86. The minimum atomic E-state index is -2.62. The molecule has 8 heteroatoms. The molecule has 1 N–H and O–H groups in total. The van der Waals surface area contributed by atoms with E-state index in [1.807, 2.05) is 6.07 Å². The molecule has 0 heterocycles. The Hall–Kier alpha value is -2.22. The molecule has 1 amide bonds. The largest absolute Gasteiger partial charge is 0.444 e. The van der Waals surface area contributed by atoms with Crippen molar-refractivity contribution in [3.8, 4) is 0 Å². The van der Waals surface area contributed by atoms with Crippen LogP contribution in [0.4, 0.5) is 10.5 Å². The number of rotatable bonds is 5. The Morgan fingerprint density at radius 3 is 2.22 bits per heavy atom. The number of anilines is 1. The zero-order chi connectivity index (χ0) is 16.8. The van der Waals surface area contributed by atoms with Crippen LogP contribution in [0.5, 0.6) is 0 Å². The maximum Gasteiger partial charge on any atom is 0.428 e. The van der Waals surface area contributed by atoms with Gasteiger partial charge in [0.1, 0.15) is 6.61 Å². The first-order chi connectivity index (χ1) is 11.0. The Balaban J connectivity index is 2.12. The van der Waals surface area contributed by atoms with Gasteiger partial charge < -0.3 is 4.74 Å². The van der Waals surface area contributed by atoms with E-state index in [4.69, 9.17) is 16.3 Å². The Morgan fingerprint density at radius 1 is 1.09 bits per heavy atom. The SMILES string of the molecule is O=C(Cl)c1ccc(N(C(=O)OCc2ccccc2)S(=O)O)cc1. The summed E-state index contributed by atoms with van der Waals surface area (Å²) in [6, 6.07) is 14.2. The van der Waals surface area contributed by atoms with Gasteiger partial charge in [-0.1, -0.05) is 30.3 Å². The van der Waals surface area contributed by atoms with Gasteiger partial charge in [-0.15, -0.1) is 0 Å². The van der Waals surface area contributed by atoms with Gasteiger partial charge in [0.2, 0.25) is 0 Å². The van der Waals surface area contributed by atoms with Gasteiger partial charge in [-0.3, -0.25) is 9.35 Å². The molecule has 120 valence electrons. The molecule has 2 aromatic rings. The van der Waals surface area contributed by atoms with Gasteiger partial charge in [0.05, 0.1) is 5.69 Å². The number of amides is 1. The molecule has 2 aromatic carbocycles. The van der Waals surface area contributed by atoms with Crippen LogP contribution in [0.3, 0.4) is 0 Å². The number of hydrogen-bond donors (Lipinski definition) is 1. The average Bonchev–Trinajstić information content (AvgIpc) is 2.54. The van der Waals surface area contributed by atoms with E-state index in [-0.39, 0.29) is 17.9 Å². The van der Waals surface area contributed by atoms with E-state index in [1.54, 1.807) is 24.3 Å². The first kappa shape index (κ1) is 17.1. The van der Waals surface area contributed by atoms with E-state index in [0.717, 1.165) is 5.56 Å². The Morgan fingerprint density at radius 2 is 1.70 bits per heavy atom.